The first-order valence-electron chi connectivity index (χ1n) is 7.87. The van der Waals surface area contributed by atoms with Crippen LogP contribution in [-0.2, 0) is 9.59 Å². The number of hydrogen-bond acceptors (Lipinski definition) is 5. The third kappa shape index (κ3) is 3.69. The van der Waals surface area contributed by atoms with Crippen molar-refractivity contribution in [1.29, 1.82) is 0 Å². The molecule has 1 aliphatic heterocycles. The van der Waals surface area contributed by atoms with Gasteiger partial charge in [0.2, 0.25) is 0 Å². The lowest BCUT2D eigenvalue weighted by Gasteiger charge is -2.16. The summed E-state index contributed by atoms with van der Waals surface area (Å²) in [4.78, 5) is 32.1. The lowest BCUT2D eigenvalue weighted by atomic mass is 10.2. The van der Waals surface area contributed by atoms with Gasteiger partial charge in [-0.15, -0.1) is 0 Å². The molecule has 6 nitrogen and oxygen atoms in total. The van der Waals surface area contributed by atoms with Gasteiger partial charge in [0.15, 0.2) is 5.13 Å². The predicted molar refractivity (Wildman–Crippen MR) is 108 cm³/mol. The number of carbonyl (C=O) groups is 2. The highest BCUT2D eigenvalue weighted by Gasteiger charge is 2.34. The Labute approximate surface area is 163 Å². The molecule has 2 amide bonds. The number of nitrogens with one attached hydrogen (secondary N) is 1. The number of amides is 2. The van der Waals surface area contributed by atoms with Crippen molar-refractivity contribution in [2.24, 2.45) is 0 Å². The van der Waals surface area contributed by atoms with Crippen molar-refractivity contribution < 1.29 is 9.59 Å². The fraction of sp³-hybridized carbons (Fsp3) is 0.235. The zero-order valence-corrected chi connectivity index (χ0v) is 16.8. The maximum atomic E-state index is 12.6. The number of anilines is 2. The van der Waals surface area contributed by atoms with Crippen molar-refractivity contribution in [1.82, 2.24) is 10.4 Å². The fourth-order valence-electron chi connectivity index (χ4n) is 2.46. The maximum absolute atomic E-state index is 12.6. The lowest BCUT2D eigenvalue weighted by Crippen LogP contribution is -2.35. The Hall–Kier alpha value is -1.94. The molecule has 0 saturated carbocycles. The summed E-state index contributed by atoms with van der Waals surface area (Å²) in [6.45, 7) is 5.85. The second-order valence-electron chi connectivity index (χ2n) is 5.33. The van der Waals surface area contributed by atoms with E-state index in [1.54, 1.807) is 24.4 Å². The van der Waals surface area contributed by atoms with Gasteiger partial charge in [-0.1, -0.05) is 11.3 Å². The van der Waals surface area contributed by atoms with Gasteiger partial charge < -0.3 is 4.90 Å². The average molecular weight is 468 g/mol. The van der Waals surface area contributed by atoms with E-state index in [0.717, 1.165) is 26.7 Å². The summed E-state index contributed by atoms with van der Waals surface area (Å²) < 4.78 is 1.06. The van der Waals surface area contributed by atoms with E-state index in [2.05, 4.69) is 51.7 Å². The number of hydrazine groups is 1. The summed E-state index contributed by atoms with van der Waals surface area (Å²) >= 11 is 3.66. The van der Waals surface area contributed by atoms with Crippen LogP contribution in [0.3, 0.4) is 0 Å². The molecular weight excluding hydrogens is 451 g/mol. The van der Waals surface area contributed by atoms with Gasteiger partial charge in [-0.25, -0.2) is 9.99 Å². The molecular formula is C17H17IN4O2S. The zero-order valence-electron chi connectivity index (χ0n) is 13.8. The summed E-state index contributed by atoms with van der Waals surface area (Å²) in [7, 11) is 0. The molecule has 25 heavy (non-hydrogen) atoms. The van der Waals surface area contributed by atoms with Gasteiger partial charge in [0.1, 0.15) is 5.57 Å². The quantitative estimate of drug-likeness (QED) is 0.416. The second-order valence-corrected chi connectivity index (χ2v) is 7.62. The topological polar surface area (TPSA) is 65.5 Å². The lowest BCUT2D eigenvalue weighted by molar-refractivity contribution is -0.117. The fourth-order valence-corrected chi connectivity index (χ4v) is 3.80. The molecule has 2 aromatic rings. The number of rotatable bonds is 5. The Morgan fingerprint density at radius 2 is 1.92 bits per heavy atom. The summed E-state index contributed by atoms with van der Waals surface area (Å²) in [6, 6.07) is 7.37. The molecule has 1 N–H and O–H groups in total. The standard InChI is InChI=1S/C17H17IN4O2S/c1-3-21(4-2)17-19-10-13(25-17)9-14-15(23)20-22(16(14)24)12-7-5-11(18)6-8-12/h5-10H,3-4H2,1-2H3,(H,20,23). The third-order valence-electron chi connectivity index (χ3n) is 3.81. The van der Waals surface area contributed by atoms with Gasteiger partial charge in [0.25, 0.3) is 11.8 Å². The molecule has 1 aromatic carbocycles. The predicted octanol–water partition coefficient (Wildman–Crippen LogP) is 3.06. The molecule has 2 heterocycles. The van der Waals surface area contributed by atoms with Crippen LogP contribution in [0, 0.1) is 3.57 Å². The smallest absolute Gasteiger partial charge is 0.282 e. The van der Waals surface area contributed by atoms with E-state index in [0.29, 0.717) is 5.69 Å². The Kier molecular flexibility index (Phi) is 5.38. The molecule has 3 rings (SSSR count). The number of hydrogen-bond donors (Lipinski definition) is 1. The van der Waals surface area contributed by atoms with E-state index < -0.39 is 5.91 Å². The number of benzene rings is 1. The zero-order chi connectivity index (χ0) is 18.0. The minimum atomic E-state index is -0.402. The first-order valence-corrected chi connectivity index (χ1v) is 9.76. The first-order chi connectivity index (χ1) is 12.0. The molecule has 8 heteroatoms. The van der Waals surface area contributed by atoms with Crippen LogP contribution in [0.25, 0.3) is 6.08 Å². The van der Waals surface area contributed by atoms with Gasteiger partial charge in [0, 0.05) is 22.9 Å². The molecule has 0 radical (unpaired) electrons. The highest BCUT2D eigenvalue weighted by molar-refractivity contribution is 14.1. The number of nitrogens with zero attached hydrogens (tertiary/aromatic N) is 3. The van der Waals surface area contributed by atoms with E-state index in [1.165, 1.54) is 16.3 Å². The number of halogens is 1. The van der Waals surface area contributed by atoms with Crippen molar-refractivity contribution in [2.75, 3.05) is 23.0 Å². The molecule has 1 aromatic heterocycles. The van der Waals surface area contributed by atoms with E-state index in [4.69, 9.17) is 0 Å². The van der Waals surface area contributed by atoms with Gasteiger partial charge >= 0.3 is 0 Å². The molecule has 1 saturated heterocycles. The Morgan fingerprint density at radius 3 is 2.56 bits per heavy atom. The van der Waals surface area contributed by atoms with Crippen LogP contribution in [0.15, 0.2) is 36.0 Å². The number of thiazole rings is 1. The highest BCUT2D eigenvalue weighted by Crippen LogP contribution is 2.27. The largest absolute Gasteiger partial charge is 0.349 e. The van der Waals surface area contributed by atoms with Crippen LogP contribution in [0.2, 0.25) is 0 Å². The van der Waals surface area contributed by atoms with E-state index in [1.807, 2.05) is 12.1 Å². The molecule has 1 fully saturated rings. The minimum absolute atomic E-state index is 0.119. The van der Waals surface area contributed by atoms with Gasteiger partial charge in [-0.05, 0) is 66.8 Å². The summed E-state index contributed by atoms with van der Waals surface area (Å²) in [6.07, 6.45) is 3.30. The summed E-state index contributed by atoms with van der Waals surface area (Å²) in [5.41, 5.74) is 3.36. The molecule has 0 bridgehead atoms. The third-order valence-corrected chi connectivity index (χ3v) is 5.53. The van der Waals surface area contributed by atoms with Gasteiger partial charge in [0.05, 0.1) is 10.6 Å². The Balaban J connectivity index is 1.85. The maximum Gasteiger partial charge on any atom is 0.282 e. The van der Waals surface area contributed by atoms with Crippen molar-refractivity contribution in [3.63, 3.8) is 0 Å². The first kappa shape index (κ1) is 17.9. The summed E-state index contributed by atoms with van der Waals surface area (Å²) in [5.74, 6) is -0.759. The number of aromatic nitrogens is 1. The van der Waals surface area contributed by atoms with Crippen LogP contribution < -0.4 is 15.3 Å². The second kappa shape index (κ2) is 7.52. The molecule has 0 spiro atoms. The van der Waals surface area contributed by atoms with Crippen LogP contribution in [0.5, 0.6) is 0 Å². The molecule has 130 valence electrons. The minimum Gasteiger partial charge on any atom is -0.349 e. The van der Waals surface area contributed by atoms with Crippen molar-refractivity contribution in [3.05, 3.63) is 44.5 Å². The van der Waals surface area contributed by atoms with E-state index in [-0.39, 0.29) is 11.5 Å². The van der Waals surface area contributed by atoms with Crippen LogP contribution in [0.1, 0.15) is 18.7 Å². The van der Waals surface area contributed by atoms with E-state index >= 15 is 0 Å². The van der Waals surface area contributed by atoms with Crippen LogP contribution in [0.4, 0.5) is 10.8 Å². The van der Waals surface area contributed by atoms with Crippen molar-refractivity contribution >= 4 is 62.6 Å². The summed E-state index contributed by atoms with van der Waals surface area (Å²) in [5, 5.41) is 2.16. The monoisotopic (exact) mass is 468 g/mol. The molecule has 0 aliphatic carbocycles. The SMILES string of the molecule is CCN(CC)c1ncc(C=C2C(=O)NN(c3ccc(I)cc3)C2=O)s1. The van der Waals surface area contributed by atoms with Gasteiger partial charge in [-0.2, -0.15) is 0 Å². The highest BCUT2D eigenvalue weighted by atomic mass is 127. The Morgan fingerprint density at radius 1 is 1.24 bits per heavy atom. The van der Waals surface area contributed by atoms with E-state index in [9.17, 15) is 9.59 Å². The van der Waals surface area contributed by atoms with Crippen LogP contribution in [-0.4, -0.2) is 29.9 Å². The number of carbonyl (C=O) groups excluding carboxylic acids is 2. The average Bonchev–Trinajstić information content (AvgIpc) is 3.17. The van der Waals surface area contributed by atoms with Crippen LogP contribution >= 0.6 is 33.9 Å². The normalized spacial score (nSPS) is 15.8. The van der Waals surface area contributed by atoms with Crippen molar-refractivity contribution in [3.8, 4) is 0 Å². The van der Waals surface area contributed by atoms with Crippen molar-refractivity contribution in [2.45, 2.75) is 13.8 Å². The molecule has 0 unspecified atom stereocenters. The Bertz CT molecular complexity index is 827. The molecule has 0 atom stereocenters. The van der Waals surface area contributed by atoms with Gasteiger partial charge in [-0.3, -0.25) is 15.0 Å². The molecule has 1 aliphatic rings.